The zero-order valence-corrected chi connectivity index (χ0v) is 9.56. The predicted octanol–water partition coefficient (Wildman–Crippen LogP) is 2.33. The number of carboxylic acid groups (broad SMARTS) is 1. The Bertz CT molecular complexity index is 550. The molecular formula is C12H14N2O2. The molecule has 0 aromatic carbocycles. The Morgan fingerprint density at radius 3 is 2.62 bits per heavy atom. The number of carboxylic acids is 1. The van der Waals surface area contributed by atoms with Crippen molar-refractivity contribution in [2.75, 3.05) is 0 Å². The van der Waals surface area contributed by atoms with Crippen molar-refractivity contribution in [1.82, 2.24) is 9.38 Å². The van der Waals surface area contributed by atoms with Gasteiger partial charge in [0.1, 0.15) is 5.82 Å². The fourth-order valence-corrected chi connectivity index (χ4v) is 1.72. The number of hydrogen-bond acceptors (Lipinski definition) is 2. The first kappa shape index (κ1) is 10.7. The summed E-state index contributed by atoms with van der Waals surface area (Å²) in [5, 5.41) is 9.09. The third-order valence-electron chi connectivity index (χ3n) is 2.42. The molecule has 4 heteroatoms. The van der Waals surface area contributed by atoms with Crippen LogP contribution in [-0.4, -0.2) is 20.5 Å². The Morgan fingerprint density at radius 1 is 1.38 bits per heavy atom. The minimum absolute atomic E-state index is 0.116. The first-order valence-corrected chi connectivity index (χ1v) is 5.12. The van der Waals surface area contributed by atoms with E-state index in [1.807, 2.05) is 43.5 Å². The molecule has 0 spiro atoms. The summed E-state index contributed by atoms with van der Waals surface area (Å²) in [7, 11) is 0. The average molecular weight is 218 g/mol. The Kier molecular flexibility index (Phi) is 2.22. The predicted molar refractivity (Wildman–Crippen MR) is 60.9 cm³/mol. The van der Waals surface area contributed by atoms with Crippen molar-refractivity contribution in [3.8, 4) is 0 Å². The lowest BCUT2D eigenvalue weighted by atomic mass is 9.96. The van der Waals surface area contributed by atoms with Gasteiger partial charge in [-0.25, -0.2) is 9.78 Å². The van der Waals surface area contributed by atoms with Crippen molar-refractivity contribution in [2.24, 2.45) is 0 Å². The summed E-state index contributed by atoms with van der Waals surface area (Å²) < 4.78 is 1.84. The number of nitrogens with zero attached hydrogens (tertiary/aromatic N) is 2. The van der Waals surface area contributed by atoms with Crippen molar-refractivity contribution in [3.05, 3.63) is 35.9 Å². The molecule has 2 aromatic heterocycles. The Morgan fingerprint density at radius 2 is 2.06 bits per heavy atom. The minimum atomic E-state index is -0.987. The lowest BCUT2D eigenvalue weighted by molar-refractivity contribution is 0.0693. The molecule has 84 valence electrons. The van der Waals surface area contributed by atoms with Crippen LogP contribution in [0.25, 0.3) is 5.52 Å². The van der Waals surface area contributed by atoms with Crippen LogP contribution in [0.3, 0.4) is 0 Å². The van der Waals surface area contributed by atoms with E-state index in [0.29, 0.717) is 5.52 Å². The topological polar surface area (TPSA) is 54.6 Å². The lowest BCUT2D eigenvalue weighted by Gasteiger charge is -2.16. The standard InChI is InChI=1S/C12H14N2O2/c1-12(2,3)11-13-9(10(15)16)8-6-4-5-7-14(8)11/h4-7H,1-3H3,(H,15,16). The van der Waals surface area contributed by atoms with Crippen LogP contribution < -0.4 is 0 Å². The van der Waals surface area contributed by atoms with Crippen molar-refractivity contribution < 1.29 is 9.90 Å². The molecule has 0 aliphatic heterocycles. The molecule has 0 aliphatic rings. The van der Waals surface area contributed by atoms with Gasteiger partial charge in [0, 0.05) is 11.6 Å². The van der Waals surface area contributed by atoms with Crippen molar-refractivity contribution in [2.45, 2.75) is 26.2 Å². The van der Waals surface area contributed by atoms with E-state index in [4.69, 9.17) is 5.11 Å². The van der Waals surface area contributed by atoms with Gasteiger partial charge in [-0.2, -0.15) is 0 Å². The van der Waals surface area contributed by atoms with Crippen LogP contribution in [0.4, 0.5) is 0 Å². The molecule has 2 rings (SSSR count). The third kappa shape index (κ3) is 1.56. The number of imidazole rings is 1. The van der Waals surface area contributed by atoms with Crippen LogP contribution >= 0.6 is 0 Å². The number of aromatic nitrogens is 2. The number of fused-ring (bicyclic) bond motifs is 1. The molecule has 16 heavy (non-hydrogen) atoms. The number of hydrogen-bond donors (Lipinski definition) is 1. The second-order valence-electron chi connectivity index (χ2n) is 4.80. The maximum absolute atomic E-state index is 11.1. The SMILES string of the molecule is CC(C)(C)c1nc(C(=O)O)c2ccccn12. The molecule has 0 atom stereocenters. The fraction of sp³-hybridized carbons (Fsp3) is 0.333. The van der Waals surface area contributed by atoms with E-state index in [-0.39, 0.29) is 11.1 Å². The zero-order valence-electron chi connectivity index (χ0n) is 9.56. The molecule has 2 aromatic rings. The molecule has 0 bridgehead atoms. The van der Waals surface area contributed by atoms with E-state index in [0.717, 1.165) is 5.82 Å². The average Bonchev–Trinajstić information content (AvgIpc) is 2.56. The van der Waals surface area contributed by atoms with Crippen molar-refractivity contribution >= 4 is 11.5 Å². The number of rotatable bonds is 1. The molecule has 0 saturated heterocycles. The molecule has 2 heterocycles. The molecule has 1 N–H and O–H groups in total. The van der Waals surface area contributed by atoms with Gasteiger partial charge in [0.2, 0.25) is 0 Å². The summed E-state index contributed by atoms with van der Waals surface area (Å²) in [6, 6.07) is 5.46. The van der Waals surface area contributed by atoms with Crippen LogP contribution in [0, 0.1) is 0 Å². The second kappa shape index (κ2) is 3.33. The van der Waals surface area contributed by atoms with Gasteiger partial charge >= 0.3 is 5.97 Å². The molecule has 0 aliphatic carbocycles. The minimum Gasteiger partial charge on any atom is -0.476 e. The van der Waals surface area contributed by atoms with Crippen LogP contribution in [0.15, 0.2) is 24.4 Å². The third-order valence-corrected chi connectivity index (χ3v) is 2.42. The summed E-state index contributed by atoms with van der Waals surface area (Å²) in [6.45, 7) is 6.04. The normalized spacial score (nSPS) is 11.9. The first-order chi connectivity index (χ1) is 7.41. The van der Waals surface area contributed by atoms with E-state index in [9.17, 15) is 4.79 Å². The fourth-order valence-electron chi connectivity index (χ4n) is 1.72. The largest absolute Gasteiger partial charge is 0.476 e. The van der Waals surface area contributed by atoms with Gasteiger partial charge in [0.05, 0.1) is 5.52 Å². The summed E-state index contributed by atoms with van der Waals surface area (Å²) >= 11 is 0. The summed E-state index contributed by atoms with van der Waals surface area (Å²) in [5.41, 5.74) is 0.572. The Labute approximate surface area is 93.5 Å². The highest BCUT2D eigenvalue weighted by Gasteiger charge is 2.24. The molecule has 0 saturated carbocycles. The first-order valence-electron chi connectivity index (χ1n) is 5.12. The lowest BCUT2D eigenvalue weighted by Crippen LogP contribution is -2.15. The van der Waals surface area contributed by atoms with Crippen LogP contribution in [0.5, 0.6) is 0 Å². The maximum Gasteiger partial charge on any atom is 0.356 e. The van der Waals surface area contributed by atoms with Crippen molar-refractivity contribution in [3.63, 3.8) is 0 Å². The monoisotopic (exact) mass is 218 g/mol. The highest BCUT2D eigenvalue weighted by molar-refractivity contribution is 5.93. The molecule has 0 amide bonds. The van der Waals surface area contributed by atoms with Crippen LogP contribution in [-0.2, 0) is 5.41 Å². The zero-order chi connectivity index (χ0) is 11.9. The van der Waals surface area contributed by atoms with Crippen LogP contribution in [0.2, 0.25) is 0 Å². The van der Waals surface area contributed by atoms with E-state index in [1.54, 1.807) is 6.07 Å². The van der Waals surface area contributed by atoms with E-state index >= 15 is 0 Å². The number of aromatic carboxylic acids is 1. The number of pyridine rings is 1. The van der Waals surface area contributed by atoms with Crippen LogP contribution in [0.1, 0.15) is 37.1 Å². The van der Waals surface area contributed by atoms with Crippen molar-refractivity contribution in [1.29, 1.82) is 0 Å². The van der Waals surface area contributed by atoms with E-state index < -0.39 is 5.97 Å². The molecule has 0 fully saturated rings. The highest BCUT2D eigenvalue weighted by atomic mass is 16.4. The Hall–Kier alpha value is -1.84. The number of carbonyl (C=O) groups is 1. The van der Waals surface area contributed by atoms with Gasteiger partial charge in [0.15, 0.2) is 5.69 Å². The molecule has 0 radical (unpaired) electrons. The van der Waals surface area contributed by atoms with Gasteiger partial charge in [-0.05, 0) is 12.1 Å². The highest BCUT2D eigenvalue weighted by Crippen LogP contribution is 2.24. The van der Waals surface area contributed by atoms with Gasteiger partial charge in [-0.1, -0.05) is 26.8 Å². The smallest absolute Gasteiger partial charge is 0.356 e. The second-order valence-corrected chi connectivity index (χ2v) is 4.80. The Balaban J connectivity index is 2.82. The summed E-state index contributed by atoms with van der Waals surface area (Å²) in [6.07, 6.45) is 1.84. The van der Waals surface area contributed by atoms with E-state index in [2.05, 4.69) is 4.98 Å². The summed E-state index contributed by atoms with van der Waals surface area (Å²) in [4.78, 5) is 15.3. The summed E-state index contributed by atoms with van der Waals surface area (Å²) in [5.74, 6) is -0.222. The molecule has 0 unspecified atom stereocenters. The quantitative estimate of drug-likeness (QED) is 0.799. The maximum atomic E-state index is 11.1. The van der Waals surface area contributed by atoms with Gasteiger partial charge in [-0.3, -0.25) is 0 Å². The van der Waals surface area contributed by atoms with Gasteiger partial charge < -0.3 is 9.51 Å². The van der Waals surface area contributed by atoms with Gasteiger partial charge in [0.25, 0.3) is 0 Å². The van der Waals surface area contributed by atoms with E-state index in [1.165, 1.54) is 0 Å². The molecular weight excluding hydrogens is 204 g/mol. The van der Waals surface area contributed by atoms with Gasteiger partial charge in [-0.15, -0.1) is 0 Å². The molecule has 4 nitrogen and oxygen atoms in total.